The van der Waals surface area contributed by atoms with Gasteiger partial charge in [-0.05, 0) is 23.3 Å². The molecule has 1 aliphatic rings. The van der Waals surface area contributed by atoms with Crippen molar-refractivity contribution in [2.24, 2.45) is 5.92 Å². The molecule has 5 nitrogen and oxygen atoms in total. The monoisotopic (exact) mass is 349 g/mol. The predicted octanol–water partition coefficient (Wildman–Crippen LogP) is 2.97. The first-order valence-corrected chi connectivity index (χ1v) is 9.17. The molecule has 2 aromatic carbocycles. The Morgan fingerprint density at radius 3 is 3.08 bits per heavy atom. The number of imidazole rings is 1. The summed E-state index contributed by atoms with van der Waals surface area (Å²) in [7, 11) is 0. The fraction of sp³-hybridized carbons (Fsp3) is 0.333. The topological polar surface area (TPSA) is 56.2 Å². The smallest absolute Gasteiger partial charge is 0.226 e. The van der Waals surface area contributed by atoms with Crippen molar-refractivity contribution >= 4 is 16.7 Å². The van der Waals surface area contributed by atoms with E-state index in [1.807, 2.05) is 24.4 Å². The molecule has 0 bridgehead atoms. The van der Waals surface area contributed by atoms with Crippen molar-refractivity contribution in [2.75, 3.05) is 13.2 Å². The van der Waals surface area contributed by atoms with E-state index in [9.17, 15) is 4.79 Å². The summed E-state index contributed by atoms with van der Waals surface area (Å²) in [6.07, 6.45) is 5.36. The van der Waals surface area contributed by atoms with Gasteiger partial charge in [0.05, 0.1) is 5.92 Å². The molecule has 0 fully saturated rings. The van der Waals surface area contributed by atoms with Gasteiger partial charge in [0.1, 0.15) is 18.2 Å². The highest BCUT2D eigenvalue weighted by Gasteiger charge is 2.27. The van der Waals surface area contributed by atoms with Gasteiger partial charge in [0, 0.05) is 37.5 Å². The number of carbonyl (C=O) groups excluding carboxylic acids is 1. The molecular formula is C21H23N3O2. The van der Waals surface area contributed by atoms with Crippen LogP contribution in [0.25, 0.3) is 10.8 Å². The van der Waals surface area contributed by atoms with E-state index in [-0.39, 0.29) is 11.8 Å². The van der Waals surface area contributed by atoms with Crippen LogP contribution in [0, 0.1) is 5.92 Å². The molecule has 0 saturated carbocycles. The molecule has 4 rings (SSSR count). The third kappa shape index (κ3) is 3.17. The van der Waals surface area contributed by atoms with Crippen LogP contribution < -0.4 is 10.1 Å². The number of amides is 1. The Kier molecular flexibility index (Phi) is 4.61. The molecule has 0 saturated heterocycles. The number of aryl methyl sites for hydroxylation is 1. The number of rotatable bonds is 5. The van der Waals surface area contributed by atoms with Crippen LogP contribution >= 0.6 is 0 Å². The maximum Gasteiger partial charge on any atom is 0.226 e. The van der Waals surface area contributed by atoms with Crippen molar-refractivity contribution < 1.29 is 9.53 Å². The number of fused-ring (bicyclic) bond motifs is 3. The number of benzene rings is 2. The molecule has 1 aliphatic heterocycles. The first-order chi connectivity index (χ1) is 12.8. The highest BCUT2D eigenvalue weighted by Crippen LogP contribution is 2.33. The summed E-state index contributed by atoms with van der Waals surface area (Å²) >= 11 is 0. The van der Waals surface area contributed by atoms with Gasteiger partial charge in [-0.25, -0.2) is 4.98 Å². The van der Waals surface area contributed by atoms with Crippen molar-refractivity contribution in [1.29, 1.82) is 0 Å². The van der Waals surface area contributed by atoms with E-state index in [1.54, 1.807) is 6.20 Å². The number of ether oxygens (including phenoxy) is 1. The van der Waals surface area contributed by atoms with Gasteiger partial charge < -0.3 is 14.6 Å². The van der Waals surface area contributed by atoms with Crippen LogP contribution in [0.4, 0.5) is 0 Å². The SMILES string of the molecule is CCc1nccn1CCNC(=O)C1COc2ccc3ccccc3c2C1. The molecule has 0 radical (unpaired) electrons. The molecule has 1 unspecified atom stereocenters. The number of aromatic nitrogens is 2. The minimum Gasteiger partial charge on any atom is -0.492 e. The van der Waals surface area contributed by atoms with Gasteiger partial charge in [-0.3, -0.25) is 4.79 Å². The largest absolute Gasteiger partial charge is 0.492 e. The Balaban J connectivity index is 1.42. The first-order valence-electron chi connectivity index (χ1n) is 9.17. The molecule has 5 heteroatoms. The molecule has 0 spiro atoms. The molecule has 3 aromatic rings. The van der Waals surface area contributed by atoms with E-state index in [0.717, 1.165) is 30.1 Å². The van der Waals surface area contributed by atoms with E-state index in [0.29, 0.717) is 19.6 Å². The van der Waals surface area contributed by atoms with Crippen LogP contribution in [-0.2, 0) is 24.2 Å². The Bertz CT molecular complexity index is 932. The van der Waals surface area contributed by atoms with Gasteiger partial charge in [-0.15, -0.1) is 0 Å². The lowest BCUT2D eigenvalue weighted by molar-refractivity contribution is -0.126. The second kappa shape index (κ2) is 7.20. The Morgan fingerprint density at radius 1 is 1.31 bits per heavy atom. The lowest BCUT2D eigenvalue weighted by Gasteiger charge is -2.26. The van der Waals surface area contributed by atoms with Gasteiger partial charge in [0.25, 0.3) is 0 Å². The summed E-state index contributed by atoms with van der Waals surface area (Å²) in [6, 6.07) is 12.3. The zero-order valence-electron chi connectivity index (χ0n) is 14.9. The van der Waals surface area contributed by atoms with Gasteiger partial charge in [-0.2, -0.15) is 0 Å². The molecule has 134 valence electrons. The van der Waals surface area contributed by atoms with E-state index < -0.39 is 0 Å². The third-order valence-corrected chi connectivity index (χ3v) is 5.03. The molecular weight excluding hydrogens is 326 g/mol. The zero-order valence-corrected chi connectivity index (χ0v) is 14.9. The summed E-state index contributed by atoms with van der Waals surface area (Å²) in [5.74, 6) is 1.85. The van der Waals surface area contributed by atoms with Crippen LogP contribution in [0.1, 0.15) is 18.3 Å². The number of hydrogen-bond acceptors (Lipinski definition) is 3. The predicted molar refractivity (Wildman–Crippen MR) is 101 cm³/mol. The summed E-state index contributed by atoms with van der Waals surface area (Å²) in [6.45, 7) is 3.85. The second-order valence-electron chi connectivity index (χ2n) is 6.66. The summed E-state index contributed by atoms with van der Waals surface area (Å²) < 4.78 is 7.96. The molecule has 1 aromatic heterocycles. The van der Waals surface area contributed by atoms with Crippen LogP contribution in [0.2, 0.25) is 0 Å². The second-order valence-corrected chi connectivity index (χ2v) is 6.66. The van der Waals surface area contributed by atoms with E-state index in [1.165, 1.54) is 10.8 Å². The van der Waals surface area contributed by atoms with Gasteiger partial charge in [0.15, 0.2) is 0 Å². The zero-order chi connectivity index (χ0) is 17.9. The van der Waals surface area contributed by atoms with Crippen LogP contribution in [-0.4, -0.2) is 28.6 Å². The molecule has 1 atom stereocenters. The lowest BCUT2D eigenvalue weighted by Crippen LogP contribution is -2.38. The maximum atomic E-state index is 12.6. The fourth-order valence-corrected chi connectivity index (χ4v) is 3.63. The number of hydrogen-bond donors (Lipinski definition) is 1. The van der Waals surface area contributed by atoms with Crippen molar-refractivity contribution in [1.82, 2.24) is 14.9 Å². The van der Waals surface area contributed by atoms with Crippen molar-refractivity contribution in [2.45, 2.75) is 26.3 Å². The standard InChI is InChI=1S/C21H23N3O2/c1-2-20-22-9-11-24(20)12-10-23-21(25)16-13-18-17-6-4-3-5-15(17)7-8-19(18)26-14-16/h3-9,11,16H,2,10,12-14H2,1H3,(H,23,25). The highest BCUT2D eigenvalue weighted by atomic mass is 16.5. The van der Waals surface area contributed by atoms with Gasteiger partial charge in [-0.1, -0.05) is 37.3 Å². The van der Waals surface area contributed by atoms with Crippen molar-refractivity contribution in [3.8, 4) is 5.75 Å². The quantitative estimate of drug-likeness (QED) is 0.770. The third-order valence-electron chi connectivity index (χ3n) is 5.03. The average Bonchev–Trinajstić information content (AvgIpc) is 3.15. The molecule has 0 aliphatic carbocycles. The van der Waals surface area contributed by atoms with Gasteiger partial charge >= 0.3 is 0 Å². The Labute approximate surface area is 153 Å². The van der Waals surface area contributed by atoms with E-state index in [2.05, 4.69) is 40.0 Å². The van der Waals surface area contributed by atoms with Crippen LogP contribution in [0.3, 0.4) is 0 Å². The van der Waals surface area contributed by atoms with Crippen molar-refractivity contribution in [3.63, 3.8) is 0 Å². The number of nitrogens with zero attached hydrogens (tertiary/aromatic N) is 2. The molecule has 2 heterocycles. The Hall–Kier alpha value is -2.82. The van der Waals surface area contributed by atoms with E-state index >= 15 is 0 Å². The summed E-state index contributed by atoms with van der Waals surface area (Å²) in [5, 5.41) is 5.41. The summed E-state index contributed by atoms with van der Waals surface area (Å²) in [5.41, 5.74) is 1.14. The minimum atomic E-state index is -0.151. The normalized spacial score (nSPS) is 16.1. The molecule has 1 N–H and O–H groups in total. The maximum absolute atomic E-state index is 12.6. The number of nitrogens with one attached hydrogen (secondary N) is 1. The molecule has 1 amide bonds. The lowest BCUT2D eigenvalue weighted by atomic mass is 9.92. The van der Waals surface area contributed by atoms with Gasteiger partial charge in [0.2, 0.25) is 5.91 Å². The van der Waals surface area contributed by atoms with E-state index in [4.69, 9.17) is 4.74 Å². The Morgan fingerprint density at radius 2 is 2.19 bits per heavy atom. The fourth-order valence-electron chi connectivity index (χ4n) is 3.63. The molecule has 26 heavy (non-hydrogen) atoms. The van der Waals surface area contributed by atoms with Crippen LogP contribution in [0.5, 0.6) is 5.75 Å². The first kappa shape index (κ1) is 16.6. The highest BCUT2D eigenvalue weighted by molar-refractivity contribution is 5.89. The number of carbonyl (C=O) groups is 1. The van der Waals surface area contributed by atoms with Crippen molar-refractivity contribution in [3.05, 3.63) is 60.2 Å². The van der Waals surface area contributed by atoms with Crippen LogP contribution in [0.15, 0.2) is 48.8 Å². The average molecular weight is 349 g/mol. The minimum absolute atomic E-state index is 0.0572. The summed E-state index contributed by atoms with van der Waals surface area (Å²) in [4.78, 5) is 16.9.